The van der Waals surface area contributed by atoms with Crippen LogP contribution in [0.4, 0.5) is 0 Å². The summed E-state index contributed by atoms with van der Waals surface area (Å²) in [5.41, 5.74) is 0.727. The van der Waals surface area contributed by atoms with Crippen LogP contribution in [0.5, 0.6) is 0 Å². The van der Waals surface area contributed by atoms with Crippen molar-refractivity contribution >= 4 is 6.08 Å². The highest BCUT2D eigenvalue weighted by Gasteiger charge is 2.38. The van der Waals surface area contributed by atoms with Crippen molar-refractivity contribution in [2.24, 2.45) is 4.99 Å². The van der Waals surface area contributed by atoms with Crippen LogP contribution in [-0.2, 0) is 15.9 Å². The van der Waals surface area contributed by atoms with Gasteiger partial charge in [0.1, 0.15) is 0 Å². The summed E-state index contributed by atoms with van der Waals surface area (Å²) in [7, 11) is 0. The highest BCUT2D eigenvalue weighted by atomic mass is 16.3. The molecule has 3 nitrogen and oxygen atoms in total. The number of isocyanates is 1. The lowest BCUT2D eigenvalue weighted by atomic mass is 9.72. The van der Waals surface area contributed by atoms with Crippen LogP contribution in [0.3, 0.4) is 0 Å². The van der Waals surface area contributed by atoms with Gasteiger partial charge in [-0.05, 0) is 44.2 Å². The predicted molar refractivity (Wildman–Crippen MR) is 65.3 cm³/mol. The molecule has 2 rings (SSSR count). The van der Waals surface area contributed by atoms with Crippen LogP contribution in [0.1, 0.15) is 44.2 Å². The zero-order chi connectivity index (χ0) is 12.5. The van der Waals surface area contributed by atoms with Gasteiger partial charge in [0.15, 0.2) is 0 Å². The van der Waals surface area contributed by atoms with Crippen molar-refractivity contribution in [2.45, 2.75) is 44.2 Å². The minimum absolute atomic E-state index is 0.347. The lowest BCUT2D eigenvalue weighted by Gasteiger charge is -2.37. The Labute approximate surface area is 101 Å². The van der Waals surface area contributed by atoms with E-state index in [1.165, 1.54) is 0 Å². The van der Waals surface area contributed by atoms with E-state index in [2.05, 4.69) is 4.99 Å². The highest BCUT2D eigenvalue weighted by Crippen LogP contribution is 2.44. The molecule has 1 saturated carbocycles. The molecule has 1 fully saturated rings. The van der Waals surface area contributed by atoms with Gasteiger partial charge in [-0.1, -0.05) is 24.3 Å². The maximum atomic E-state index is 10.5. The van der Waals surface area contributed by atoms with Gasteiger partial charge in [0.05, 0.1) is 11.1 Å². The van der Waals surface area contributed by atoms with E-state index >= 15 is 0 Å². The van der Waals surface area contributed by atoms with Crippen molar-refractivity contribution in [2.75, 3.05) is 0 Å². The van der Waals surface area contributed by atoms with Crippen molar-refractivity contribution in [3.63, 3.8) is 0 Å². The van der Waals surface area contributed by atoms with E-state index in [9.17, 15) is 9.90 Å². The number of nitrogens with zero attached hydrogens (tertiary/aromatic N) is 1. The first-order valence-corrected chi connectivity index (χ1v) is 5.90. The first-order valence-electron chi connectivity index (χ1n) is 5.90. The Morgan fingerprint density at radius 1 is 1.29 bits per heavy atom. The largest absolute Gasteiger partial charge is 0.386 e. The van der Waals surface area contributed by atoms with Crippen LogP contribution in [0.25, 0.3) is 0 Å². The maximum Gasteiger partial charge on any atom is 0.235 e. The number of hydrogen-bond acceptors (Lipinski definition) is 3. The summed E-state index contributed by atoms with van der Waals surface area (Å²) in [5, 5.41) is 9.87. The molecule has 0 aromatic heterocycles. The van der Waals surface area contributed by atoms with Crippen LogP contribution in [0, 0.1) is 0 Å². The fourth-order valence-electron chi connectivity index (χ4n) is 2.25. The van der Waals surface area contributed by atoms with Crippen LogP contribution in [-0.4, -0.2) is 11.2 Å². The molecule has 1 aromatic carbocycles. The van der Waals surface area contributed by atoms with Gasteiger partial charge >= 0.3 is 0 Å². The number of rotatable bonds is 3. The second-order valence-electron chi connectivity index (χ2n) is 5.22. The summed E-state index contributed by atoms with van der Waals surface area (Å²) < 4.78 is 0. The summed E-state index contributed by atoms with van der Waals surface area (Å²) in [6.07, 6.45) is 4.59. The zero-order valence-electron chi connectivity index (χ0n) is 10.2. The van der Waals surface area contributed by atoms with Gasteiger partial charge < -0.3 is 5.11 Å². The molecule has 0 heterocycles. The molecule has 90 valence electrons. The van der Waals surface area contributed by atoms with Crippen molar-refractivity contribution in [3.05, 3.63) is 35.4 Å². The molecule has 0 bridgehead atoms. The van der Waals surface area contributed by atoms with Crippen molar-refractivity contribution in [1.82, 2.24) is 0 Å². The molecule has 0 unspecified atom stereocenters. The van der Waals surface area contributed by atoms with Crippen LogP contribution in [0.2, 0.25) is 0 Å². The van der Waals surface area contributed by atoms with Crippen molar-refractivity contribution in [3.8, 4) is 0 Å². The molecular formula is C14H17NO2. The molecule has 3 heteroatoms. The highest BCUT2D eigenvalue weighted by molar-refractivity contribution is 5.40. The Bertz CT molecular complexity index is 446. The summed E-state index contributed by atoms with van der Waals surface area (Å²) >= 11 is 0. The molecule has 1 N–H and O–H groups in total. The number of benzene rings is 1. The number of hydrogen-bond donors (Lipinski definition) is 1. The van der Waals surface area contributed by atoms with Crippen molar-refractivity contribution < 1.29 is 9.90 Å². The number of aliphatic imine (C=N–C) groups is 1. The third-order valence-electron chi connectivity index (χ3n) is 3.57. The van der Waals surface area contributed by atoms with E-state index in [0.29, 0.717) is 0 Å². The lowest BCUT2D eigenvalue weighted by molar-refractivity contribution is 0.0785. The summed E-state index contributed by atoms with van der Waals surface area (Å²) in [5.74, 6) is 0. The second-order valence-corrected chi connectivity index (χ2v) is 5.22. The molecule has 0 atom stereocenters. The van der Waals surface area contributed by atoms with Gasteiger partial charge in [-0.2, -0.15) is 4.99 Å². The smallest absolute Gasteiger partial charge is 0.235 e. The van der Waals surface area contributed by atoms with E-state index < -0.39 is 5.60 Å². The molecule has 1 aromatic rings. The Morgan fingerprint density at radius 3 is 2.24 bits per heavy atom. The Kier molecular flexibility index (Phi) is 2.90. The molecular weight excluding hydrogens is 214 g/mol. The summed E-state index contributed by atoms with van der Waals surface area (Å²) in [6.45, 7) is 3.51. The van der Waals surface area contributed by atoms with Crippen LogP contribution in [0.15, 0.2) is 29.3 Å². The fraction of sp³-hybridized carbons (Fsp3) is 0.500. The second kappa shape index (κ2) is 4.10. The molecule has 1 aliphatic rings. The quantitative estimate of drug-likeness (QED) is 0.642. The van der Waals surface area contributed by atoms with Gasteiger partial charge in [-0.25, -0.2) is 4.79 Å². The molecule has 0 aliphatic heterocycles. The van der Waals surface area contributed by atoms with Crippen molar-refractivity contribution in [1.29, 1.82) is 0 Å². The van der Waals surface area contributed by atoms with E-state index in [0.717, 1.165) is 30.4 Å². The van der Waals surface area contributed by atoms with E-state index in [1.807, 2.05) is 24.3 Å². The first-order chi connectivity index (χ1) is 7.98. The van der Waals surface area contributed by atoms with E-state index in [-0.39, 0.29) is 5.54 Å². The van der Waals surface area contributed by atoms with Gasteiger partial charge in [-0.15, -0.1) is 0 Å². The Balaban J connectivity index is 2.32. The van der Waals surface area contributed by atoms with Gasteiger partial charge in [0.2, 0.25) is 6.08 Å². The third-order valence-corrected chi connectivity index (χ3v) is 3.57. The van der Waals surface area contributed by atoms with E-state index in [1.54, 1.807) is 19.9 Å². The SMILES string of the molecule is CC(C)(O)c1ccc(C2(N=C=O)CCC2)cc1. The molecule has 0 saturated heterocycles. The predicted octanol–water partition coefficient (Wildman–Crippen LogP) is 2.63. The molecule has 0 radical (unpaired) electrons. The van der Waals surface area contributed by atoms with Crippen LogP contribution >= 0.6 is 0 Å². The van der Waals surface area contributed by atoms with Crippen LogP contribution < -0.4 is 0 Å². The maximum absolute atomic E-state index is 10.5. The summed E-state index contributed by atoms with van der Waals surface area (Å²) in [4.78, 5) is 14.4. The summed E-state index contributed by atoms with van der Waals surface area (Å²) in [6, 6.07) is 7.70. The topological polar surface area (TPSA) is 49.7 Å². The number of carbonyl (C=O) groups excluding carboxylic acids is 1. The van der Waals surface area contributed by atoms with Gasteiger partial charge in [-0.3, -0.25) is 0 Å². The normalized spacial score (nSPS) is 18.1. The average Bonchev–Trinajstić information content (AvgIpc) is 2.22. The average molecular weight is 231 g/mol. The standard InChI is InChI=1S/C14H17NO2/c1-13(2,17)11-4-6-12(7-5-11)14(15-10-16)8-3-9-14/h4-7,17H,3,8-9H2,1-2H3. The monoisotopic (exact) mass is 231 g/mol. The third kappa shape index (κ3) is 2.17. The van der Waals surface area contributed by atoms with Gasteiger partial charge in [0, 0.05) is 0 Å². The fourth-order valence-corrected chi connectivity index (χ4v) is 2.25. The Morgan fingerprint density at radius 2 is 1.88 bits per heavy atom. The zero-order valence-corrected chi connectivity index (χ0v) is 10.2. The first kappa shape index (κ1) is 12.0. The lowest BCUT2D eigenvalue weighted by Crippen LogP contribution is -2.32. The molecule has 0 spiro atoms. The Hall–Kier alpha value is -1.44. The van der Waals surface area contributed by atoms with E-state index in [4.69, 9.17) is 0 Å². The molecule has 17 heavy (non-hydrogen) atoms. The van der Waals surface area contributed by atoms with Gasteiger partial charge in [0.25, 0.3) is 0 Å². The number of aliphatic hydroxyl groups is 1. The molecule has 0 amide bonds. The minimum Gasteiger partial charge on any atom is -0.386 e. The molecule has 1 aliphatic carbocycles. The minimum atomic E-state index is -0.834.